The van der Waals surface area contributed by atoms with Crippen LogP contribution in [-0.2, 0) is 5.41 Å². The monoisotopic (exact) mass is 411 g/mol. The molecule has 1 amide bonds. The van der Waals surface area contributed by atoms with Crippen LogP contribution >= 0.6 is 11.3 Å². The van der Waals surface area contributed by atoms with Crippen LogP contribution < -0.4 is 10.1 Å². The van der Waals surface area contributed by atoms with Crippen molar-refractivity contribution in [2.24, 2.45) is 0 Å². The molecule has 3 rings (SSSR count). The summed E-state index contributed by atoms with van der Waals surface area (Å²) in [6.45, 7) is 13.4. The molecule has 2 aromatic heterocycles. The average molecular weight is 412 g/mol. The number of fused-ring (bicyclic) bond motifs is 1. The normalized spacial score (nSPS) is 11.7. The number of nitrogens with one attached hydrogen (secondary N) is 1. The lowest BCUT2D eigenvalue weighted by Gasteiger charge is -2.16. The number of thiophene rings is 1. The number of amides is 1. The van der Waals surface area contributed by atoms with Crippen LogP contribution in [-0.4, -0.2) is 29.0 Å². The van der Waals surface area contributed by atoms with E-state index in [4.69, 9.17) is 9.72 Å². The highest BCUT2D eigenvalue weighted by molar-refractivity contribution is 7.20. The second-order valence-corrected chi connectivity index (χ2v) is 9.39. The molecule has 0 aliphatic carbocycles. The maximum atomic E-state index is 12.7. The molecular weight excluding hydrogens is 382 g/mol. The third-order valence-corrected chi connectivity index (χ3v) is 5.90. The van der Waals surface area contributed by atoms with Crippen molar-refractivity contribution in [2.45, 2.75) is 53.4 Å². The minimum atomic E-state index is -0.128. The van der Waals surface area contributed by atoms with Crippen molar-refractivity contribution < 1.29 is 9.53 Å². The van der Waals surface area contributed by atoms with Crippen LogP contribution in [0.15, 0.2) is 24.3 Å². The van der Waals surface area contributed by atoms with Crippen molar-refractivity contribution in [3.05, 3.63) is 51.8 Å². The minimum Gasteiger partial charge on any atom is -0.494 e. The number of nitrogens with zero attached hydrogens (tertiary/aromatic N) is 2. The Kier molecular flexibility index (Phi) is 6.22. The van der Waals surface area contributed by atoms with Gasteiger partial charge in [0.1, 0.15) is 16.4 Å². The summed E-state index contributed by atoms with van der Waals surface area (Å²) in [4.78, 5) is 23.7. The van der Waals surface area contributed by atoms with E-state index in [2.05, 4.69) is 31.1 Å². The lowest BCUT2D eigenvalue weighted by atomic mass is 9.95. The van der Waals surface area contributed by atoms with Gasteiger partial charge in [0.15, 0.2) is 0 Å². The van der Waals surface area contributed by atoms with Crippen molar-refractivity contribution in [3.63, 3.8) is 0 Å². The van der Waals surface area contributed by atoms with Crippen LogP contribution in [0.1, 0.15) is 59.5 Å². The second kappa shape index (κ2) is 8.49. The van der Waals surface area contributed by atoms with Gasteiger partial charge in [-0.1, -0.05) is 32.9 Å². The number of ether oxygens (including phenoxy) is 1. The van der Waals surface area contributed by atoms with Gasteiger partial charge in [0.2, 0.25) is 0 Å². The lowest BCUT2D eigenvalue weighted by molar-refractivity contribution is 0.0955. The van der Waals surface area contributed by atoms with Gasteiger partial charge < -0.3 is 10.1 Å². The molecule has 1 N–H and O–H groups in total. The van der Waals surface area contributed by atoms with E-state index in [0.717, 1.165) is 39.5 Å². The molecule has 0 fully saturated rings. The highest BCUT2D eigenvalue weighted by atomic mass is 32.1. The van der Waals surface area contributed by atoms with E-state index in [1.807, 2.05) is 45.0 Å². The van der Waals surface area contributed by atoms with E-state index in [1.54, 1.807) is 0 Å². The molecule has 2 heterocycles. The smallest absolute Gasteiger partial charge is 0.261 e. The zero-order valence-corrected chi connectivity index (χ0v) is 18.9. The van der Waals surface area contributed by atoms with Crippen LogP contribution in [0.2, 0.25) is 0 Å². The average Bonchev–Trinajstić information content (AvgIpc) is 2.98. The first-order chi connectivity index (χ1) is 13.7. The Labute approximate surface area is 176 Å². The van der Waals surface area contributed by atoms with E-state index >= 15 is 0 Å². The Morgan fingerprint density at radius 2 is 1.93 bits per heavy atom. The van der Waals surface area contributed by atoms with Gasteiger partial charge >= 0.3 is 0 Å². The van der Waals surface area contributed by atoms with E-state index in [1.165, 1.54) is 16.9 Å². The molecule has 0 unspecified atom stereocenters. The van der Waals surface area contributed by atoms with Gasteiger partial charge in [-0.05, 0) is 50.5 Å². The molecule has 0 saturated heterocycles. The molecule has 29 heavy (non-hydrogen) atoms. The van der Waals surface area contributed by atoms with Crippen molar-refractivity contribution in [1.29, 1.82) is 0 Å². The maximum absolute atomic E-state index is 12.7. The molecule has 3 aromatic rings. The fourth-order valence-corrected chi connectivity index (χ4v) is 4.29. The molecule has 0 aliphatic rings. The second-order valence-electron chi connectivity index (χ2n) is 8.39. The van der Waals surface area contributed by atoms with Gasteiger partial charge in [-0.25, -0.2) is 9.97 Å². The number of aryl methyl sites for hydroxylation is 3. The predicted molar refractivity (Wildman–Crippen MR) is 119 cm³/mol. The highest BCUT2D eigenvalue weighted by Gasteiger charge is 2.23. The largest absolute Gasteiger partial charge is 0.494 e. The van der Waals surface area contributed by atoms with Gasteiger partial charge in [-0.15, -0.1) is 11.3 Å². The first-order valence-electron chi connectivity index (χ1n) is 9.92. The molecule has 0 aliphatic heterocycles. The Bertz CT molecular complexity index is 1030. The summed E-state index contributed by atoms with van der Waals surface area (Å²) in [5.41, 5.74) is 2.93. The Balaban J connectivity index is 1.63. The summed E-state index contributed by atoms with van der Waals surface area (Å²) in [6, 6.07) is 7.97. The van der Waals surface area contributed by atoms with Crippen molar-refractivity contribution in [3.8, 4) is 5.75 Å². The zero-order valence-electron chi connectivity index (χ0n) is 18.0. The van der Waals surface area contributed by atoms with Crippen LogP contribution in [0.5, 0.6) is 5.75 Å². The third-order valence-electron chi connectivity index (χ3n) is 4.71. The van der Waals surface area contributed by atoms with Crippen molar-refractivity contribution in [1.82, 2.24) is 15.3 Å². The fraction of sp³-hybridized carbons (Fsp3) is 0.435. The van der Waals surface area contributed by atoms with Crippen molar-refractivity contribution >= 4 is 27.5 Å². The van der Waals surface area contributed by atoms with Crippen LogP contribution in [0.4, 0.5) is 0 Å². The number of rotatable bonds is 6. The number of hydrogen-bond donors (Lipinski definition) is 1. The van der Waals surface area contributed by atoms with E-state index in [9.17, 15) is 4.79 Å². The van der Waals surface area contributed by atoms with Gasteiger partial charge in [-0.3, -0.25) is 4.79 Å². The van der Waals surface area contributed by atoms with E-state index in [-0.39, 0.29) is 11.3 Å². The Hall–Kier alpha value is -2.47. The molecule has 0 bridgehead atoms. The van der Waals surface area contributed by atoms with E-state index in [0.29, 0.717) is 18.0 Å². The molecule has 0 radical (unpaired) electrons. The molecule has 154 valence electrons. The summed E-state index contributed by atoms with van der Waals surface area (Å²) >= 11 is 1.44. The van der Waals surface area contributed by atoms with Gasteiger partial charge in [0, 0.05) is 17.3 Å². The lowest BCUT2D eigenvalue weighted by Crippen LogP contribution is -2.25. The molecule has 5 nitrogen and oxygen atoms in total. The van der Waals surface area contributed by atoms with Gasteiger partial charge in [0.25, 0.3) is 5.91 Å². The molecule has 1 aromatic carbocycles. The van der Waals surface area contributed by atoms with Crippen LogP contribution in [0.3, 0.4) is 0 Å². The number of aromatic nitrogens is 2. The first kappa shape index (κ1) is 21.2. The summed E-state index contributed by atoms with van der Waals surface area (Å²) in [6.07, 6.45) is 0.747. The number of carbonyl (C=O) groups excluding carboxylic acids is 1. The molecule has 0 spiro atoms. The first-order valence-corrected chi connectivity index (χ1v) is 10.7. The molecule has 0 saturated carbocycles. The molecule has 6 heteroatoms. The number of hydrogen-bond acceptors (Lipinski definition) is 5. The highest BCUT2D eigenvalue weighted by Crippen LogP contribution is 2.33. The Morgan fingerprint density at radius 3 is 2.62 bits per heavy atom. The standard InChI is InChI=1S/C23H29N3O2S/c1-14-9-7-10-17(13-14)28-12-8-11-24-20(27)19-15(2)18-16(3)25-22(23(4,5)6)26-21(18)29-19/h7,9-10,13H,8,11-12H2,1-6H3,(H,24,27). The van der Waals surface area contributed by atoms with Crippen molar-refractivity contribution in [2.75, 3.05) is 13.2 Å². The predicted octanol–water partition coefficient (Wildman–Crippen LogP) is 5.11. The number of benzene rings is 1. The summed E-state index contributed by atoms with van der Waals surface area (Å²) in [7, 11) is 0. The molecule has 0 atom stereocenters. The van der Waals surface area contributed by atoms with Crippen LogP contribution in [0.25, 0.3) is 10.2 Å². The third kappa shape index (κ3) is 4.93. The van der Waals surface area contributed by atoms with Crippen LogP contribution in [0, 0.1) is 20.8 Å². The maximum Gasteiger partial charge on any atom is 0.261 e. The van der Waals surface area contributed by atoms with E-state index < -0.39 is 0 Å². The Morgan fingerprint density at radius 1 is 1.17 bits per heavy atom. The minimum absolute atomic E-state index is 0.0576. The SMILES string of the molecule is Cc1cccc(OCCCNC(=O)c2sc3nc(C(C)(C)C)nc(C)c3c2C)c1. The quantitative estimate of drug-likeness (QED) is 0.572. The summed E-state index contributed by atoms with van der Waals surface area (Å²) in [5, 5.41) is 4.00. The summed E-state index contributed by atoms with van der Waals surface area (Å²) < 4.78 is 5.74. The van der Waals surface area contributed by atoms with Gasteiger partial charge in [0.05, 0.1) is 17.2 Å². The topological polar surface area (TPSA) is 64.1 Å². The number of carbonyl (C=O) groups is 1. The zero-order chi connectivity index (χ0) is 21.2. The fourth-order valence-electron chi connectivity index (χ4n) is 3.14. The summed E-state index contributed by atoms with van der Waals surface area (Å²) in [5.74, 6) is 1.61. The van der Waals surface area contributed by atoms with Gasteiger partial charge in [-0.2, -0.15) is 0 Å². The molecular formula is C23H29N3O2S.